The van der Waals surface area contributed by atoms with Crippen LogP contribution < -0.4 is 4.90 Å². The maximum absolute atomic E-state index is 12.0. The largest absolute Gasteiger partial charge is 0.467 e. The summed E-state index contributed by atoms with van der Waals surface area (Å²) in [4.78, 5) is 13.8. The second-order valence-corrected chi connectivity index (χ2v) is 5.30. The summed E-state index contributed by atoms with van der Waals surface area (Å²) in [5.74, 6) is 2.20. The molecular formula is C13H14BrN3O2. The van der Waals surface area contributed by atoms with Gasteiger partial charge in [-0.1, -0.05) is 15.9 Å². The molecule has 1 fully saturated rings. The molecule has 0 N–H and O–H groups in total. The topological polar surface area (TPSA) is 51.3 Å². The second kappa shape index (κ2) is 5.21. The highest BCUT2D eigenvalue weighted by molar-refractivity contribution is 9.09. The predicted octanol–water partition coefficient (Wildman–Crippen LogP) is 2.27. The molecule has 1 unspecified atom stereocenters. The summed E-state index contributed by atoms with van der Waals surface area (Å²) >= 11 is 3.45. The number of rotatable bonds is 4. The average molecular weight is 324 g/mol. The normalized spacial score (nSPS) is 19.3. The number of carbonyl (C=O) groups is 1. The van der Waals surface area contributed by atoms with Crippen LogP contribution in [0.1, 0.15) is 12.2 Å². The minimum absolute atomic E-state index is 0.158. The molecule has 3 rings (SSSR count). The molecular weight excluding hydrogens is 310 g/mol. The number of alkyl halides is 1. The van der Waals surface area contributed by atoms with E-state index in [1.54, 1.807) is 17.1 Å². The summed E-state index contributed by atoms with van der Waals surface area (Å²) in [7, 11) is 0. The van der Waals surface area contributed by atoms with E-state index in [4.69, 9.17) is 4.42 Å². The summed E-state index contributed by atoms with van der Waals surface area (Å²) in [5, 5.41) is 5.12. The maximum Gasteiger partial charge on any atom is 0.228 e. The van der Waals surface area contributed by atoms with Crippen molar-refractivity contribution < 1.29 is 9.21 Å². The van der Waals surface area contributed by atoms with Gasteiger partial charge >= 0.3 is 0 Å². The highest BCUT2D eigenvalue weighted by Crippen LogP contribution is 2.26. The molecule has 0 aromatic carbocycles. The van der Waals surface area contributed by atoms with Gasteiger partial charge in [-0.25, -0.2) is 4.68 Å². The van der Waals surface area contributed by atoms with Crippen LogP contribution in [0.15, 0.2) is 35.1 Å². The summed E-state index contributed by atoms with van der Waals surface area (Å²) in [6.07, 6.45) is 3.95. The first-order valence-corrected chi connectivity index (χ1v) is 7.30. The minimum atomic E-state index is 0.158. The van der Waals surface area contributed by atoms with Crippen molar-refractivity contribution >= 4 is 27.7 Å². The van der Waals surface area contributed by atoms with Gasteiger partial charge < -0.3 is 4.42 Å². The molecule has 0 aliphatic carbocycles. The van der Waals surface area contributed by atoms with Crippen molar-refractivity contribution in [3.05, 3.63) is 36.4 Å². The standard InChI is InChI=1S/C13H14BrN3O2/c14-7-10-6-13(18)16(8-10)12-3-4-15-17(12)9-11-2-1-5-19-11/h1-5,10H,6-9H2. The van der Waals surface area contributed by atoms with Crippen LogP contribution in [0.3, 0.4) is 0 Å². The summed E-state index contributed by atoms with van der Waals surface area (Å²) in [6.45, 7) is 1.28. The Morgan fingerprint density at radius 2 is 2.37 bits per heavy atom. The fourth-order valence-corrected chi connectivity index (χ4v) is 2.77. The third-order valence-electron chi connectivity index (χ3n) is 3.28. The summed E-state index contributed by atoms with van der Waals surface area (Å²) in [5.41, 5.74) is 0. The van der Waals surface area contributed by atoms with E-state index >= 15 is 0 Å². The molecule has 100 valence electrons. The van der Waals surface area contributed by atoms with Crippen LogP contribution in [0, 0.1) is 5.92 Å². The van der Waals surface area contributed by atoms with Gasteiger partial charge in [0.15, 0.2) is 0 Å². The highest BCUT2D eigenvalue weighted by Gasteiger charge is 2.31. The lowest BCUT2D eigenvalue weighted by molar-refractivity contribution is -0.117. The number of aromatic nitrogens is 2. The van der Waals surface area contributed by atoms with Crippen LogP contribution in [0.25, 0.3) is 0 Å². The van der Waals surface area contributed by atoms with Crippen molar-refractivity contribution in [1.82, 2.24) is 9.78 Å². The zero-order valence-electron chi connectivity index (χ0n) is 10.3. The Labute approximate surface area is 119 Å². The number of hydrogen-bond acceptors (Lipinski definition) is 3. The molecule has 0 saturated carbocycles. The molecule has 1 atom stereocenters. The van der Waals surface area contributed by atoms with E-state index in [1.165, 1.54) is 0 Å². The Hall–Kier alpha value is -1.56. The van der Waals surface area contributed by atoms with Gasteiger partial charge in [0.25, 0.3) is 0 Å². The second-order valence-electron chi connectivity index (χ2n) is 4.66. The number of halogens is 1. The van der Waals surface area contributed by atoms with Crippen LogP contribution in [0.5, 0.6) is 0 Å². The Morgan fingerprint density at radius 1 is 1.47 bits per heavy atom. The SMILES string of the molecule is O=C1CC(CBr)CN1c1ccnn1Cc1ccco1. The van der Waals surface area contributed by atoms with Crippen molar-refractivity contribution in [3.63, 3.8) is 0 Å². The smallest absolute Gasteiger partial charge is 0.228 e. The first kappa shape index (κ1) is 12.5. The van der Waals surface area contributed by atoms with Gasteiger partial charge in [0.05, 0.1) is 12.5 Å². The van der Waals surface area contributed by atoms with Gasteiger partial charge in [0.1, 0.15) is 18.1 Å². The first-order chi connectivity index (χ1) is 9.28. The molecule has 1 aliphatic heterocycles. The third-order valence-corrected chi connectivity index (χ3v) is 4.20. The lowest BCUT2D eigenvalue weighted by Gasteiger charge is -2.17. The molecule has 2 aromatic heterocycles. The number of carbonyl (C=O) groups excluding carboxylic acids is 1. The lowest BCUT2D eigenvalue weighted by Crippen LogP contribution is -2.27. The summed E-state index contributed by atoms with van der Waals surface area (Å²) in [6, 6.07) is 5.62. The fraction of sp³-hybridized carbons (Fsp3) is 0.385. The quantitative estimate of drug-likeness (QED) is 0.811. The van der Waals surface area contributed by atoms with E-state index in [9.17, 15) is 4.79 Å². The fourth-order valence-electron chi connectivity index (χ4n) is 2.33. The van der Waals surface area contributed by atoms with E-state index in [0.717, 1.165) is 23.5 Å². The number of anilines is 1. The van der Waals surface area contributed by atoms with Crippen LogP contribution in [-0.4, -0.2) is 27.6 Å². The average Bonchev–Trinajstić information content (AvgIpc) is 3.10. The van der Waals surface area contributed by atoms with Gasteiger partial charge in [-0.15, -0.1) is 0 Å². The Bertz CT molecular complexity index is 564. The Morgan fingerprint density at radius 3 is 3.05 bits per heavy atom. The van der Waals surface area contributed by atoms with Crippen molar-refractivity contribution in [2.24, 2.45) is 5.92 Å². The summed E-state index contributed by atoms with van der Waals surface area (Å²) < 4.78 is 7.12. The lowest BCUT2D eigenvalue weighted by atomic mass is 10.2. The zero-order chi connectivity index (χ0) is 13.2. The first-order valence-electron chi connectivity index (χ1n) is 6.18. The Balaban J connectivity index is 1.82. The molecule has 1 saturated heterocycles. The van der Waals surface area contributed by atoms with Gasteiger partial charge in [0.2, 0.25) is 5.91 Å². The predicted molar refractivity (Wildman–Crippen MR) is 74.3 cm³/mol. The molecule has 0 radical (unpaired) electrons. The van der Waals surface area contributed by atoms with Crippen molar-refractivity contribution in [3.8, 4) is 0 Å². The van der Waals surface area contributed by atoms with Gasteiger partial charge in [-0.2, -0.15) is 5.10 Å². The molecule has 6 heteroatoms. The molecule has 1 amide bonds. The van der Waals surface area contributed by atoms with Crippen LogP contribution in [-0.2, 0) is 11.3 Å². The highest BCUT2D eigenvalue weighted by atomic mass is 79.9. The molecule has 0 spiro atoms. The molecule has 1 aliphatic rings. The van der Waals surface area contributed by atoms with E-state index in [-0.39, 0.29) is 5.91 Å². The number of amides is 1. The van der Waals surface area contributed by atoms with Gasteiger partial charge in [-0.05, 0) is 18.1 Å². The molecule has 5 nitrogen and oxygen atoms in total. The molecule has 3 heterocycles. The van der Waals surface area contributed by atoms with Crippen LogP contribution >= 0.6 is 15.9 Å². The van der Waals surface area contributed by atoms with E-state index in [1.807, 2.05) is 23.1 Å². The monoisotopic (exact) mass is 323 g/mol. The third kappa shape index (κ3) is 2.45. The Kier molecular flexibility index (Phi) is 3.42. The number of nitrogens with zero attached hydrogens (tertiary/aromatic N) is 3. The van der Waals surface area contributed by atoms with E-state index < -0.39 is 0 Å². The van der Waals surface area contributed by atoms with E-state index in [2.05, 4.69) is 21.0 Å². The van der Waals surface area contributed by atoms with Crippen LogP contribution in [0.2, 0.25) is 0 Å². The van der Waals surface area contributed by atoms with Gasteiger partial charge in [-0.3, -0.25) is 9.69 Å². The van der Waals surface area contributed by atoms with Gasteiger partial charge in [0, 0.05) is 24.4 Å². The zero-order valence-corrected chi connectivity index (χ0v) is 11.9. The van der Waals surface area contributed by atoms with Crippen LogP contribution in [0.4, 0.5) is 5.82 Å². The molecule has 19 heavy (non-hydrogen) atoms. The van der Waals surface area contributed by atoms with Crippen molar-refractivity contribution in [1.29, 1.82) is 0 Å². The molecule has 0 bridgehead atoms. The molecule has 2 aromatic rings. The number of hydrogen-bond donors (Lipinski definition) is 0. The van der Waals surface area contributed by atoms with E-state index in [0.29, 0.717) is 18.9 Å². The number of furan rings is 1. The van der Waals surface area contributed by atoms with Crippen molar-refractivity contribution in [2.75, 3.05) is 16.8 Å². The van der Waals surface area contributed by atoms with Crippen molar-refractivity contribution in [2.45, 2.75) is 13.0 Å². The maximum atomic E-state index is 12.0. The minimum Gasteiger partial charge on any atom is -0.467 e.